The molecule has 1 unspecified atom stereocenters. The first-order valence-electron chi connectivity index (χ1n) is 8.55. The summed E-state index contributed by atoms with van der Waals surface area (Å²) in [6.07, 6.45) is 0. The van der Waals surface area contributed by atoms with E-state index in [1.54, 1.807) is 31.1 Å². The summed E-state index contributed by atoms with van der Waals surface area (Å²) in [5.74, 6) is -0.203. The van der Waals surface area contributed by atoms with Crippen molar-refractivity contribution < 1.29 is 9.18 Å². The molecule has 132 valence electrons. The van der Waals surface area contributed by atoms with Gasteiger partial charge in [0.1, 0.15) is 5.82 Å². The van der Waals surface area contributed by atoms with Crippen molar-refractivity contribution in [2.75, 3.05) is 33.7 Å². The predicted molar refractivity (Wildman–Crippen MR) is 96.9 cm³/mol. The van der Waals surface area contributed by atoms with E-state index in [0.717, 1.165) is 37.3 Å². The van der Waals surface area contributed by atoms with Crippen LogP contribution in [-0.4, -0.2) is 49.4 Å². The number of carbonyl (C=O) groups is 1. The van der Waals surface area contributed by atoms with Crippen LogP contribution in [0.5, 0.6) is 0 Å². The van der Waals surface area contributed by atoms with Gasteiger partial charge in [-0.3, -0.25) is 9.69 Å². The standard InChI is InChI=1S/C20H24FN3O/c1-23(2)20(25)17-7-3-5-15(11-17)14-24-10-9-22-13-19(24)16-6-4-8-18(21)12-16/h3-8,11-12,19,22H,9-10,13-14H2,1-2H3. The van der Waals surface area contributed by atoms with Gasteiger partial charge < -0.3 is 10.2 Å². The highest BCUT2D eigenvalue weighted by atomic mass is 19.1. The van der Waals surface area contributed by atoms with Crippen molar-refractivity contribution in [3.05, 3.63) is 71.0 Å². The highest BCUT2D eigenvalue weighted by molar-refractivity contribution is 5.94. The lowest BCUT2D eigenvalue weighted by atomic mass is 10.0. The van der Waals surface area contributed by atoms with Crippen LogP contribution < -0.4 is 5.32 Å². The van der Waals surface area contributed by atoms with Crippen LogP contribution in [0.1, 0.15) is 27.5 Å². The molecule has 0 aliphatic carbocycles. The molecule has 1 aliphatic rings. The second-order valence-corrected chi connectivity index (χ2v) is 6.65. The van der Waals surface area contributed by atoms with Gasteiger partial charge in [-0.15, -0.1) is 0 Å². The Hall–Kier alpha value is -2.24. The lowest BCUT2D eigenvalue weighted by molar-refractivity contribution is 0.0827. The Kier molecular flexibility index (Phi) is 5.46. The highest BCUT2D eigenvalue weighted by Crippen LogP contribution is 2.25. The quantitative estimate of drug-likeness (QED) is 0.929. The molecule has 0 saturated carbocycles. The molecule has 1 heterocycles. The summed E-state index contributed by atoms with van der Waals surface area (Å²) in [7, 11) is 3.51. The van der Waals surface area contributed by atoms with Crippen LogP contribution in [0.4, 0.5) is 4.39 Å². The topological polar surface area (TPSA) is 35.6 Å². The summed E-state index contributed by atoms with van der Waals surface area (Å²) in [4.78, 5) is 16.1. The monoisotopic (exact) mass is 341 g/mol. The molecule has 5 heteroatoms. The van der Waals surface area contributed by atoms with Crippen molar-refractivity contribution in [3.63, 3.8) is 0 Å². The van der Waals surface area contributed by atoms with Crippen molar-refractivity contribution in [3.8, 4) is 0 Å². The first-order valence-corrected chi connectivity index (χ1v) is 8.55. The van der Waals surface area contributed by atoms with Crippen LogP contribution >= 0.6 is 0 Å². The highest BCUT2D eigenvalue weighted by Gasteiger charge is 2.24. The zero-order valence-corrected chi connectivity index (χ0v) is 14.7. The van der Waals surface area contributed by atoms with Crippen LogP contribution in [0.2, 0.25) is 0 Å². The molecule has 0 aromatic heterocycles. The van der Waals surface area contributed by atoms with Crippen molar-refractivity contribution in [2.45, 2.75) is 12.6 Å². The maximum Gasteiger partial charge on any atom is 0.253 e. The van der Waals surface area contributed by atoms with E-state index >= 15 is 0 Å². The number of hydrogen-bond acceptors (Lipinski definition) is 3. The Bertz CT molecular complexity index is 747. The lowest BCUT2D eigenvalue weighted by Gasteiger charge is -2.36. The van der Waals surface area contributed by atoms with Gasteiger partial charge in [0.15, 0.2) is 0 Å². The average molecular weight is 341 g/mol. The molecule has 1 saturated heterocycles. The van der Waals surface area contributed by atoms with Crippen LogP contribution in [0, 0.1) is 5.82 Å². The third kappa shape index (κ3) is 4.24. The third-order valence-corrected chi connectivity index (χ3v) is 4.55. The number of carbonyl (C=O) groups excluding carboxylic acids is 1. The number of amides is 1. The second kappa shape index (κ2) is 7.76. The summed E-state index contributed by atoms with van der Waals surface area (Å²) in [6, 6.07) is 14.7. The molecular formula is C20H24FN3O. The Morgan fingerprint density at radius 3 is 2.80 bits per heavy atom. The molecule has 1 fully saturated rings. The number of piperazine rings is 1. The maximum atomic E-state index is 13.6. The molecule has 25 heavy (non-hydrogen) atoms. The number of nitrogens with one attached hydrogen (secondary N) is 1. The van der Waals surface area contributed by atoms with Gasteiger partial charge in [-0.1, -0.05) is 24.3 Å². The first kappa shape index (κ1) is 17.6. The van der Waals surface area contributed by atoms with Gasteiger partial charge in [-0.05, 0) is 35.4 Å². The number of nitrogens with zero attached hydrogens (tertiary/aromatic N) is 2. The van der Waals surface area contributed by atoms with Crippen molar-refractivity contribution >= 4 is 5.91 Å². The van der Waals surface area contributed by atoms with E-state index in [4.69, 9.17) is 0 Å². The summed E-state index contributed by atoms with van der Waals surface area (Å²) in [6.45, 7) is 3.31. The van der Waals surface area contributed by atoms with E-state index in [9.17, 15) is 9.18 Å². The van der Waals surface area contributed by atoms with Crippen molar-refractivity contribution in [2.24, 2.45) is 0 Å². The van der Waals surface area contributed by atoms with E-state index in [0.29, 0.717) is 5.56 Å². The fourth-order valence-electron chi connectivity index (χ4n) is 3.27. The Morgan fingerprint density at radius 1 is 1.24 bits per heavy atom. The third-order valence-electron chi connectivity index (χ3n) is 4.55. The van der Waals surface area contributed by atoms with Gasteiger partial charge in [0, 0.05) is 51.9 Å². The summed E-state index contributed by atoms with van der Waals surface area (Å²) in [5.41, 5.74) is 2.77. The zero-order chi connectivity index (χ0) is 17.8. The van der Waals surface area contributed by atoms with Crippen LogP contribution in [-0.2, 0) is 6.54 Å². The smallest absolute Gasteiger partial charge is 0.253 e. The molecule has 1 atom stereocenters. The summed E-state index contributed by atoms with van der Waals surface area (Å²) in [5, 5.41) is 3.39. The van der Waals surface area contributed by atoms with Gasteiger partial charge in [0.2, 0.25) is 0 Å². The van der Waals surface area contributed by atoms with E-state index in [-0.39, 0.29) is 17.8 Å². The van der Waals surface area contributed by atoms with Gasteiger partial charge in [0.05, 0.1) is 0 Å². The molecule has 1 aliphatic heterocycles. The molecular weight excluding hydrogens is 317 g/mol. The van der Waals surface area contributed by atoms with Gasteiger partial charge in [-0.25, -0.2) is 4.39 Å². The fourth-order valence-corrected chi connectivity index (χ4v) is 3.27. The first-order chi connectivity index (χ1) is 12.0. The molecule has 4 nitrogen and oxygen atoms in total. The van der Waals surface area contributed by atoms with Crippen LogP contribution in [0.25, 0.3) is 0 Å². The minimum atomic E-state index is -0.207. The number of rotatable bonds is 4. The minimum Gasteiger partial charge on any atom is -0.345 e. The van der Waals surface area contributed by atoms with E-state index < -0.39 is 0 Å². The van der Waals surface area contributed by atoms with E-state index in [2.05, 4.69) is 10.2 Å². The molecule has 0 bridgehead atoms. The summed E-state index contributed by atoms with van der Waals surface area (Å²) < 4.78 is 13.6. The Morgan fingerprint density at radius 2 is 2.04 bits per heavy atom. The number of hydrogen-bond donors (Lipinski definition) is 1. The minimum absolute atomic E-state index is 0.00356. The molecule has 3 rings (SSSR count). The Balaban J connectivity index is 1.80. The maximum absolute atomic E-state index is 13.6. The van der Waals surface area contributed by atoms with E-state index in [1.807, 2.05) is 30.3 Å². The second-order valence-electron chi connectivity index (χ2n) is 6.65. The SMILES string of the molecule is CN(C)C(=O)c1cccc(CN2CCNCC2c2cccc(F)c2)c1. The zero-order valence-electron chi connectivity index (χ0n) is 14.7. The molecule has 0 radical (unpaired) electrons. The van der Waals surface area contributed by atoms with Crippen LogP contribution in [0.15, 0.2) is 48.5 Å². The van der Waals surface area contributed by atoms with Gasteiger partial charge >= 0.3 is 0 Å². The molecule has 0 spiro atoms. The molecule has 1 N–H and O–H groups in total. The average Bonchev–Trinajstić information content (AvgIpc) is 2.61. The summed E-state index contributed by atoms with van der Waals surface area (Å²) >= 11 is 0. The largest absolute Gasteiger partial charge is 0.345 e. The van der Waals surface area contributed by atoms with Gasteiger partial charge in [-0.2, -0.15) is 0 Å². The van der Waals surface area contributed by atoms with E-state index in [1.165, 1.54) is 6.07 Å². The fraction of sp³-hybridized carbons (Fsp3) is 0.350. The van der Waals surface area contributed by atoms with Crippen molar-refractivity contribution in [1.29, 1.82) is 0 Å². The number of benzene rings is 2. The van der Waals surface area contributed by atoms with Crippen molar-refractivity contribution in [1.82, 2.24) is 15.1 Å². The lowest BCUT2D eigenvalue weighted by Crippen LogP contribution is -2.45. The predicted octanol–water partition coefficient (Wildman–Crippen LogP) is 2.67. The normalized spacial score (nSPS) is 18.1. The molecule has 2 aromatic carbocycles. The van der Waals surface area contributed by atoms with Crippen LogP contribution in [0.3, 0.4) is 0 Å². The molecule has 1 amide bonds. The Labute approximate surface area is 148 Å². The molecule has 2 aromatic rings. The van der Waals surface area contributed by atoms with Gasteiger partial charge in [0.25, 0.3) is 5.91 Å². The number of halogens is 1.